The summed E-state index contributed by atoms with van der Waals surface area (Å²) in [7, 11) is 0. The van der Waals surface area contributed by atoms with Gasteiger partial charge in [0, 0.05) is 24.6 Å². The van der Waals surface area contributed by atoms with Crippen molar-refractivity contribution in [2.75, 3.05) is 31.1 Å². The molecule has 1 aromatic rings. The van der Waals surface area contributed by atoms with Crippen LogP contribution in [0.25, 0.3) is 0 Å². The molecular weight excluding hydrogens is 461 g/mol. The minimum absolute atomic E-state index is 0. The van der Waals surface area contributed by atoms with Gasteiger partial charge in [0.05, 0.1) is 18.8 Å². The van der Waals surface area contributed by atoms with Gasteiger partial charge in [0.2, 0.25) is 0 Å². The van der Waals surface area contributed by atoms with Gasteiger partial charge in [-0.05, 0) is 38.5 Å². The van der Waals surface area contributed by atoms with Crippen molar-refractivity contribution in [3.63, 3.8) is 0 Å². The van der Waals surface area contributed by atoms with Gasteiger partial charge >= 0.3 is 0 Å². The van der Waals surface area contributed by atoms with E-state index in [4.69, 9.17) is 4.74 Å². The van der Waals surface area contributed by atoms with E-state index in [1.54, 1.807) is 0 Å². The summed E-state index contributed by atoms with van der Waals surface area (Å²) in [5, 5.41) is 16.9. The molecule has 5 nitrogen and oxygen atoms in total. The zero-order valence-corrected chi connectivity index (χ0v) is 19.1. The number of nitrogens with zero attached hydrogens (tertiary/aromatic N) is 1. The van der Waals surface area contributed by atoms with Gasteiger partial charge < -0.3 is 20.5 Å². The molecule has 148 valence electrons. The van der Waals surface area contributed by atoms with Crippen LogP contribution in [0.2, 0.25) is 0 Å². The first-order valence-corrected chi connectivity index (χ1v) is 9.87. The Morgan fingerprint density at radius 3 is 2.81 bits per heavy atom. The Balaban J connectivity index is 0.00000625. The molecule has 0 spiro atoms. The van der Waals surface area contributed by atoms with Crippen LogP contribution in [0.5, 0.6) is 5.75 Å². The molecule has 26 heavy (non-hydrogen) atoms. The third-order valence-electron chi connectivity index (χ3n) is 3.16. The number of ether oxygens (including phenoxy) is 1. The molecular formula is C19H32IN3O2S. The Labute approximate surface area is 179 Å². The Kier molecular flexibility index (Phi) is 14.6. The number of aliphatic hydroxyl groups excluding tert-OH is 1. The van der Waals surface area contributed by atoms with Gasteiger partial charge in [-0.15, -0.1) is 30.6 Å². The largest absolute Gasteiger partial charge is 0.491 e. The highest BCUT2D eigenvalue weighted by Crippen LogP contribution is 2.20. The van der Waals surface area contributed by atoms with Crippen molar-refractivity contribution >= 4 is 41.7 Å². The third-order valence-corrected chi connectivity index (χ3v) is 4.12. The average Bonchev–Trinajstić information content (AvgIpc) is 2.58. The number of hydrogen-bond acceptors (Lipinski definition) is 4. The predicted molar refractivity (Wildman–Crippen MR) is 124 cm³/mol. The number of benzene rings is 1. The van der Waals surface area contributed by atoms with Gasteiger partial charge in [-0.25, -0.2) is 0 Å². The first-order valence-electron chi connectivity index (χ1n) is 8.72. The summed E-state index contributed by atoms with van der Waals surface area (Å²) in [4.78, 5) is 4.47. The van der Waals surface area contributed by atoms with Gasteiger partial charge in [-0.1, -0.05) is 18.2 Å². The van der Waals surface area contributed by atoms with Crippen LogP contribution < -0.4 is 15.4 Å². The van der Waals surface area contributed by atoms with E-state index in [1.807, 2.05) is 62.9 Å². The minimum Gasteiger partial charge on any atom is -0.491 e. The molecule has 0 aliphatic rings. The van der Waals surface area contributed by atoms with Crippen LogP contribution in [0, 0.1) is 0 Å². The first kappa shape index (κ1) is 25.1. The number of hydrogen-bond donors (Lipinski definition) is 3. The van der Waals surface area contributed by atoms with Crippen LogP contribution in [0.15, 0.2) is 41.9 Å². The maximum Gasteiger partial charge on any atom is 0.191 e. The van der Waals surface area contributed by atoms with Crippen molar-refractivity contribution in [3.8, 4) is 5.75 Å². The fourth-order valence-electron chi connectivity index (χ4n) is 2.10. The Morgan fingerprint density at radius 2 is 2.15 bits per heavy atom. The topological polar surface area (TPSA) is 65.9 Å². The molecule has 0 aromatic heterocycles. The second kappa shape index (κ2) is 15.2. The van der Waals surface area contributed by atoms with Crippen LogP contribution in [0.4, 0.5) is 0 Å². The highest BCUT2D eigenvalue weighted by molar-refractivity contribution is 14.0. The van der Waals surface area contributed by atoms with Crippen LogP contribution >= 0.6 is 35.7 Å². The maximum absolute atomic E-state index is 10.4. The fraction of sp³-hybridized carbons (Fsp3) is 0.526. The van der Waals surface area contributed by atoms with Crippen molar-refractivity contribution in [2.24, 2.45) is 4.99 Å². The molecule has 1 unspecified atom stereocenters. The van der Waals surface area contributed by atoms with Crippen molar-refractivity contribution in [1.82, 2.24) is 10.6 Å². The number of guanidine groups is 1. The molecule has 1 rings (SSSR count). The molecule has 0 amide bonds. The Morgan fingerprint density at radius 1 is 1.38 bits per heavy atom. The van der Waals surface area contributed by atoms with Crippen molar-refractivity contribution < 1.29 is 9.84 Å². The fourth-order valence-corrected chi connectivity index (χ4v) is 2.68. The molecule has 0 fully saturated rings. The Bertz CT molecular complexity index is 541. The molecule has 0 aliphatic heterocycles. The lowest BCUT2D eigenvalue weighted by atomic mass is 10.1. The highest BCUT2D eigenvalue weighted by Gasteiger charge is 2.09. The monoisotopic (exact) mass is 493 g/mol. The summed E-state index contributed by atoms with van der Waals surface area (Å²) in [6.07, 6.45) is 1.34. The number of aliphatic hydroxyl groups is 1. The van der Waals surface area contributed by atoms with Crippen LogP contribution in [0.3, 0.4) is 0 Å². The summed E-state index contributed by atoms with van der Waals surface area (Å²) in [5.74, 6) is 3.41. The normalized spacial score (nSPS) is 12.3. The van der Waals surface area contributed by atoms with Gasteiger partial charge in [-0.3, -0.25) is 4.99 Å². The lowest BCUT2D eigenvalue weighted by molar-refractivity contribution is 0.185. The van der Waals surface area contributed by atoms with Crippen molar-refractivity contribution in [1.29, 1.82) is 0 Å². The van der Waals surface area contributed by atoms with E-state index in [0.717, 1.165) is 41.9 Å². The number of thioether (sulfide) groups is 1. The first-order chi connectivity index (χ1) is 12.1. The quantitative estimate of drug-likeness (QED) is 0.145. The van der Waals surface area contributed by atoms with Gasteiger partial charge in [-0.2, -0.15) is 11.8 Å². The van der Waals surface area contributed by atoms with E-state index in [9.17, 15) is 5.11 Å². The number of halogens is 1. The summed E-state index contributed by atoms with van der Waals surface area (Å²) < 4.78 is 5.67. The number of nitrogens with one attached hydrogen (secondary N) is 2. The molecule has 7 heteroatoms. The second-order valence-electron chi connectivity index (χ2n) is 5.76. The number of aliphatic imine (C=N–C) groups is 1. The van der Waals surface area contributed by atoms with Gasteiger partial charge in [0.25, 0.3) is 0 Å². The maximum atomic E-state index is 10.4. The highest BCUT2D eigenvalue weighted by atomic mass is 127. The molecule has 0 aliphatic carbocycles. The SMILES string of the molecule is C=CCSCCNC(=NCC(O)c1cccc(OC(C)C)c1)NCC.I. The van der Waals surface area contributed by atoms with E-state index in [-0.39, 0.29) is 30.1 Å². The van der Waals surface area contributed by atoms with Crippen LogP contribution in [-0.2, 0) is 0 Å². The summed E-state index contributed by atoms with van der Waals surface area (Å²) in [5.41, 5.74) is 0.805. The summed E-state index contributed by atoms with van der Waals surface area (Å²) in [6.45, 7) is 11.6. The average molecular weight is 493 g/mol. The smallest absolute Gasteiger partial charge is 0.191 e. The standard InChI is InChI=1S/C19H31N3O2S.HI/c1-5-11-25-12-10-21-19(20-6-2)22-14-18(23)16-8-7-9-17(13-16)24-15(3)4;/h5,7-9,13,15,18,23H,1,6,10-12,14H2,2-4H3,(H2,20,21,22);1H. The molecule has 3 N–H and O–H groups in total. The van der Waals surface area contributed by atoms with E-state index < -0.39 is 6.10 Å². The molecule has 0 bridgehead atoms. The molecule has 0 saturated carbocycles. The van der Waals surface area contributed by atoms with Gasteiger partial charge in [0.15, 0.2) is 5.96 Å². The Hall–Kier alpha value is -0.930. The van der Waals surface area contributed by atoms with E-state index >= 15 is 0 Å². The third kappa shape index (κ3) is 10.9. The molecule has 0 saturated heterocycles. The van der Waals surface area contributed by atoms with Crippen LogP contribution in [-0.4, -0.2) is 48.3 Å². The second-order valence-corrected chi connectivity index (χ2v) is 6.91. The molecule has 0 radical (unpaired) electrons. The predicted octanol–water partition coefficient (Wildman–Crippen LogP) is 3.60. The summed E-state index contributed by atoms with van der Waals surface area (Å²) >= 11 is 1.81. The molecule has 0 heterocycles. The lowest BCUT2D eigenvalue weighted by Gasteiger charge is -2.15. The minimum atomic E-state index is -0.665. The van der Waals surface area contributed by atoms with Crippen molar-refractivity contribution in [2.45, 2.75) is 33.0 Å². The molecule has 1 aromatic carbocycles. The van der Waals surface area contributed by atoms with Gasteiger partial charge in [0.1, 0.15) is 5.75 Å². The van der Waals surface area contributed by atoms with Crippen LogP contribution in [0.1, 0.15) is 32.4 Å². The van der Waals surface area contributed by atoms with E-state index in [2.05, 4.69) is 22.2 Å². The zero-order chi connectivity index (χ0) is 18.5. The van der Waals surface area contributed by atoms with Crippen molar-refractivity contribution in [3.05, 3.63) is 42.5 Å². The van der Waals surface area contributed by atoms with E-state index in [1.165, 1.54) is 0 Å². The number of rotatable bonds is 11. The molecule has 1 atom stereocenters. The van der Waals surface area contributed by atoms with E-state index in [0.29, 0.717) is 6.54 Å². The summed E-state index contributed by atoms with van der Waals surface area (Å²) in [6, 6.07) is 7.54. The lowest BCUT2D eigenvalue weighted by Crippen LogP contribution is -2.38. The zero-order valence-electron chi connectivity index (χ0n) is 15.9.